The van der Waals surface area contributed by atoms with E-state index in [4.69, 9.17) is 16.6 Å². The van der Waals surface area contributed by atoms with E-state index in [0.29, 0.717) is 11.6 Å². The maximum absolute atomic E-state index is 13.3. The average molecular weight is 466 g/mol. The van der Waals surface area contributed by atoms with Gasteiger partial charge in [-0.3, -0.25) is 9.69 Å². The topological polar surface area (TPSA) is 36.4 Å². The van der Waals surface area contributed by atoms with Gasteiger partial charge in [-0.25, -0.2) is 4.98 Å². The van der Waals surface area contributed by atoms with E-state index < -0.39 is 0 Å². The molecule has 0 fully saturated rings. The standard InChI is InChI=1S/C23H28ClN3OS.ClH/c1-5-26(6-2)11-12-27(21(28)15-18-9-7-8-10-19(18)24)23-25-20-14-16(3)13-17(4)22(20)29-23;/h7-10,13-14H,5-6,11-12,15H2,1-4H3;1H. The molecule has 7 heteroatoms. The molecule has 0 aliphatic carbocycles. The summed E-state index contributed by atoms with van der Waals surface area (Å²) in [5.74, 6) is 0.0266. The van der Waals surface area contributed by atoms with Gasteiger partial charge in [0.25, 0.3) is 0 Å². The summed E-state index contributed by atoms with van der Waals surface area (Å²) in [5.41, 5.74) is 4.19. The van der Waals surface area contributed by atoms with Gasteiger partial charge in [-0.1, -0.05) is 61.1 Å². The van der Waals surface area contributed by atoms with Crippen LogP contribution in [0.15, 0.2) is 36.4 Å². The number of hydrogen-bond donors (Lipinski definition) is 0. The Bertz CT molecular complexity index is 1000. The van der Waals surface area contributed by atoms with Crippen molar-refractivity contribution in [3.05, 3.63) is 58.1 Å². The molecule has 0 aliphatic heterocycles. The summed E-state index contributed by atoms with van der Waals surface area (Å²) in [4.78, 5) is 22.3. The molecule has 1 amide bonds. The Morgan fingerprint density at radius 1 is 1.10 bits per heavy atom. The molecule has 1 aromatic heterocycles. The van der Waals surface area contributed by atoms with Crippen LogP contribution in [-0.2, 0) is 11.2 Å². The number of nitrogens with zero attached hydrogens (tertiary/aromatic N) is 3. The lowest BCUT2D eigenvalue weighted by molar-refractivity contribution is -0.118. The Hall–Kier alpha value is -1.66. The van der Waals surface area contributed by atoms with Crippen LogP contribution in [0.4, 0.5) is 5.13 Å². The number of carbonyl (C=O) groups is 1. The normalized spacial score (nSPS) is 11.0. The summed E-state index contributed by atoms with van der Waals surface area (Å²) < 4.78 is 1.14. The second-order valence-corrected chi connectivity index (χ2v) is 8.65. The van der Waals surface area contributed by atoms with E-state index in [2.05, 4.69) is 44.7 Å². The van der Waals surface area contributed by atoms with Crippen LogP contribution in [0.25, 0.3) is 10.2 Å². The van der Waals surface area contributed by atoms with Crippen LogP contribution in [0.2, 0.25) is 5.02 Å². The molecule has 0 radical (unpaired) electrons. The molecule has 0 atom stereocenters. The number of hydrogen-bond acceptors (Lipinski definition) is 4. The Labute approximate surface area is 194 Å². The maximum atomic E-state index is 13.3. The van der Waals surface area contributed by atoms with E-state index in [1.54, 1.807) is 11.3 Å². The van der Waals surface area contributed by atoms with Crippen molar-refractivity contribution >= 4 is 56.6 Å². The Morgan fingerprint density at radius 3 is 2.47 bits per heavy atom. The van der Waals surface area contributed by atoms with Crippen molar-refractivity contribution in [2.75, 3.05) is 31.1 Å². The first-order chi connectivity index (χ1) is 13.9. The highest BCUT2D eigenvalue weighted by Crippen LogP contribution is 2.32. The number of carbonyl (C=O) groups excluding carboxylic acids is 1. The SMILES string of the molecule is CCN(CC)CCN(C(=O)Cc1ccccc1Cl)c1nc2cc(C)cc(C)c2s1.Cl. The number of aryl methyl sites for hydroxylation is 2. The average Bonchev–Trinajstić information content (AvgIpc) is 3.11. The van der Waals surface area contributed by atoms with Gasteiger partial charge in [0, 0.05) is 18.1 Å². The van der Waals surface area contributed by atoms with E-state index in [1.807, 2.05) is 29.2 Å². The van der Waals surface area contributed by atoms with Gasteiger partial charge < -0.3 is 4.90 Å². The van der Waals surface area contributed by atoms with E-state index in [9.17, 15) is 4.79 Å². The summed E-state index contributed by atoms with van der Waals surface area (Å²) in [6, 6.07) is 11.8. The predicted octanol–water partition coefficient (Wildman–Crippen LogP) is 5.91. The third kappa shape index (κ3) is 5.73. The van der Waals surface area contributed by atoms with Crippen molar-refractivity contribution in [2.45, 2.75) is 34.1 Å². The minimum atomic E-state index is 0. The number of aromatic nitrogens is 1. The zero-order valence-corrected chi connectivity index (χ0v) is 20.3. The van der Waals surface area contributed by atoms with Gasteiger partial charge >= 0.3 is 0 Å². The molecule has 30 heavy (non-hydrogen) atoms. The summed E-state index contributed by atoms with van der Waals surface area (Å²) in [6.45, 7) is 11.8. The largest absolute Gasteiger partial charge is 0.302 e. The van der Waals surface area contributed by atoms with Crippen molar-refractivity contribution in [1.29, 1.82) is 0 Å². The molecule has 162 valence electrons. The first-order valence-electron chi connectivity index (χ1n) is 10.1. The third-order valence-electron chi connectivity index (χ3n) is 5.17. The first kappa shape index (κ1) is 24.6. The van der Waals surface area contributed by atoms with Crippen LogP contribution >= 0.6 is 35.3 Å². The molecule has 3 aromatic rings. The number of fused-ring (bicyclic) bond motifs is 1. The number of likely N-dealkylation sites (N-methyl/N-ethyl adjacent to an activating group) is 1. The van der Waals surface area contributed by atoms with Gasteiger partial charge in [0.2, 0.25) is 5.91 Å². The molecule has 1 heterocycles. The van der Waals surface area contributed by atoms with Crippen molar-refractivity contribution < 1.29 is 4.79 Å². The van der Waals surface area contributed by atoms with Crippen LogP contribution in [0.5, 0.6) is 0 Å². The molecule has 4 nitrogen and oxygen atoms in total. The van der Waals surface area contributed by atoms with Crippen molar-refractivity contribution in [2.24, 2.45) is 0 Å². The number of anilines is 1. The van der Waals surface area contributed by atoms with Crippen LogP contribution in [0.1, 0.15) is 30.5 Å². The smallest absolute Gasteiger partial charge is 0.233 e. The van der Waals surface area contributed by atoms with Gasteiger partial charge in [0.05, 0.1) is 16.6 Å². The Kier molecular flexibility index (Phi) is 9.10. The van der Waals surface area contributed by atoms with E-state index in [0.717, 1.165) is 40.5 Å². The molecular weight excluding hydrogens is 437 g/mol. The monoisotopic (exact) mass is 465 g/mol. The number of benzene rings is 2. The van der Waals surface area contributed by atoms with Gasteiger partial charge in [0.15, 0.2) is 5.13 Å². The van der Waals surface area contributed by atoms with Gasteiger partial charge in [-0.15, -0.1) is 12.4 Å². The Balaban J connectivity index is 0.00000320. The van der Waals surface area contributed by atoms with Crippen molar-refractivity contribution in [3.8, 4) is 0 Å². The van der Waals surface area contributed by atoms with Crippen molar-refractivity contribution in [3.63, 3.8) is 0 Å². The quantitative estimate of drug-likeness (QED) is 0.414. The minimum absolute atomic E-state index is 0. The fraction of sp³-hybridized carbons (Fsp3) is 0.391. The first-order valence-corrected chi connectivity index (χ1v) is 11.3. The second kappa shape index (κ2) is 11.1. The molecule has 0 spiro atoms. The van der Waals surface area contributed by atoms with Gasteiger partial charge in [-0.05, 0) is 55.8 Å². The van der Waals surface area contributed by atoms with Crippen LogP contribution in [0.3, 0.4) is 0 Å². The second-order valence-electron chi connectivity index (χ2n) is 7.27. The minimum Gasteiger partial charge on any atom is -0.302 e. The number of thiazole rings is 1. The van der Waals surface area contributed by atoms with Crippen LogP contribution < -0.4 is 4.90 Å². The molecular formula is C23H29Cl2N3OS. The fourth-order valence-electron chi connectivity index (χ4n) is 3.49. The lowest BCUT2D eigenvalue weighted by Crippen LogP contribution is -2.39. The lowest BCUT2D eigenvalue weighted by atomic mass is 10.1. The summed E-state index contributed by atoms with van der Waals surface area (Å²) in [5, 5.41) is 1.39. The zero-order valence-electron chi connectivity index (χ0n) is 17.9. The molecule has 0 aliphatic rings. The molecule has 0 saturated carbocycles. The lowest BCUT2D eigenvalue weighted by Gasteiger charge is -2.25. The summed E-state index contributed by atoms with van der Waals surface area (Å²) in [7, 11) is 0. The summed E-state index contributed by atoms with van der Waals surface area (Å²) >= 11 is 7.90. The van der Waals surface area contributed by atoms with E-state index in [-0.39, 0.29) is 24.7 Å². The Morgan fingerprint density at radius 2 is 1.80 bits per heavy atom. The van der Waals surface area contributed by atoms with Gasteiger partial charge in [-0.2, -0.15) is 0 Å². The highest BCUT2D eigenvalue weighted by molar-refractivity contribution is 7.22. The molecule has 0 bridgehead atoms. The van der Waals surface area contributed by atoms with E-state index >= 15 is 0 Å². The highest BCUT2D eigenvalue weighted by atomic mass is 35.5. The fourth-order valence-corrected chi connectivity index (χ4v) is 4.75. The predicted molar refractivity (Wildman–Crippen MR) is 132 cm³/mol. The van der Waals surface area contributed by atoms with E-state index in [1.165, 1.54) is 11.1 Å². The third-order valence-corrected chi connectivity index (χ3v) is 6.77. The van der Waals surface area contributed by atoms with Gasteiger partial charge in [0.1, 0.15) is 0 Å². The van der Waals surface area contributed by atoms with Crippen LogP contribution in [0, 0.1) is 13.8 Å². The zero-order chi connectivity index (χ0) is 21.0. The van der Waals surface area contributed by atoms with Crippen LogP contribution in [-0.4, -0.2) is 42.0 Å². The highest BCUT2D eigenvalue weighted by Gasteiger charge is 2.22. The molecule has 3 rings (SSSR count). The molecule has 2 aromatic carbocycles. The molecule has 0 unspecified atom stereocenters. The van der Waals surface area contributed by atoms with Crippen molar-refractivity contribution in [1.82, 2.24) is 9.88 Å². The molecule has 0 saturated heterocycles. The maximum Gasteiger partial charge on any atom is 0.233 e. The summed E-state index contributed by atoms with van der Waals surface area (Å²) in [6.07, 6.45) is 0.270. The number of halogens is 2. The molecule has 0 N–H and O–H groups in total. The number of amides is 1. The number of rotatable bonds is 8.